The van der Waals surface area contributed by atoms with E-state index < -0.39 is 23.5 Å². The summed E-state index contributed by atoms with van der Waals surface area (Å²) < 4.78 is 26.3. The Balaban J connectivity index is 1.47. The lowest BCUT2D eigenvalue weighted by atomic mass is 9.94. The molecular formula is C32H29FN2O5S. The van der Waals surface area contributed by atoms with E-state index in [-0.39, 0.29) is 22.6 Å². The maximum absolute atomic E-state index is 14.0. The highest BCUT2D eigenvalue weighted by Gasteiger charge is 2.48. The number of anilines is 1. The quantitative estimate of drug-likeness (QED) is 0.106. The van der Waals surface area contributed by atoms with Crippen molar-refractivity contribution in [3.05, 3.63) is 88.7 Å². The van der Waals surface area contributed by atoms with Gasteiger partial charge in [0.15, 0.2) is 5.13 Å². The third kappa shape index (κ3) is 5.06. The number of ether oxygens (including phenoxy) is 2. The number of aromatic nitrogens is 1. The molecule has 9 heteroatoms. The lowest BCUT2D eigenvalue weighted by Gasteiger charge is -2.23. The molecule has 0 spiro atoms. The number of aliphatic hydroxyl groups excluding tert-OH is 1. The lowest BCUT2D eigenvalue weighted by Crippen LogP contribution is -2.29. The van der Waals surface area contributed by atoms with Gasteiger partial charge in [-0.05, 0) is 73.0 Å². The zero-order chi connectivity index (χ0) is 28.7. The minimum absolute atomic E-state index is 0.0110. The number of carbonyl (C=O) groups is 2. The van der Waals surface area contributed by atoms with Gasteiger partial charge in [-0.2, -0.15) is 0 Å². The van der Waals surface area contributed by atoms with Crippen molar-refractivity contribution in [2.45, 2.75) is 51.7 Å². The smallest absolute Gasteiger partial charge is 0.301 e. The van der Waals surface area contributed by atoms with Crippen LogP contribution >= 0.6 is 11.3 Å². The number of hydrogen-bond donors (Lipinski definition) is 1. The van der Waals surface area contributed by atoms with Crippen molar-refractivity contribution in [1.29, 1.82) is 0 Å². The minimum Gasteiger partial charge on any atom is -0.507 e. The Morgan fingerprint density at radius 2 is 2.00 bits per heavy atom. The molecule has 210 valence electrons. The Morgan fingerprint density at radius 3 is 2.83 bits per heavy atom. The molecule has 0 saturated carbocycles. The van der Waals surface area contributed by atoms with E-state index in [1.807, 2.05) is 13.0 Å². The Labute approximate surface area is 240 Å². The molecule has 1 N–H and O–H groups in total. The molecule has 0 bridgehead atoms. The number of thiazole rings is 1. The van der Waals surface area contributed by atoms with Crippen molar-refractivity contribution >= 4 is 44.1 Å². The summed E-state index contributed by atoms with van der Waals surface area (Å²) in [5, 5.41) is 11.8. The second kappa shape index (κ2) is 11.0. The van der Waals surface area contributed by atoms with Gasteiger partial charge in [-0.15, -0.1) is 0 Å². The average molecular weight is 573 g/mol. The van der Waals surface area contributed by atoms with Crippen molar-refractivity contribution in [2.75, 3.05) is 11.5 Å². The van der Waals surface area contributed by atoms with Crippen molar-refractivity contribution < 1.29 is 28.6 Å². The third-order valence-corrected chi connectivity index (χ3v) is 8.37. The summed E-state index contributed by atoms with van der Waals surface area (Å²) >= 11 is 1.11. The van der Waals surface area contributed by atoms with E-state index in [9.17, 15) is 19.1 Å². The largest absolute Gasteiger partial charge is 0.507 e. The van der Waals surface area contributed by atoms with Gasteiger partial charge < -0.3 is 14.6 Å². The molecule has 41 heavy (non-hydrogen) atoms. The fraction of sp³-hybridized carbons (Fsp3) is 0.281. The van der Waals surface area contributed by atoms with Crippen LogP contribution in [0.1, 0.15) is 55.8 Å². The first-order valence-corrected chi connectivity index (χ1v) is 14.6. The predicted octanol–water partition coefficient (Wildman–Crippen LogP) is 6.95. The van der Waals surface area contributed by atoms with Crippen LogP contribution in [-0.4, -0.2) is 34.5 Å². The molecule has 1 saturated heterocycles. The van der Waals surface area contributed by atoms with Gasteiger partial charge in [0.2, 0.25) is 0 Å². The summed E-state index contributed by atoms with van der Waals surface area (Å²) in [5.74, 6) is -1.01. The number of benzene rings is 3. The molecule has 0 radical (unpaired) electrons. The molecule has 1 amide bonds. The fourth-order valence-electron chi connectivity index (χ4n) is 5.38. The second-order valence-electron chi connectivity index (χ2n) is 10.4. The molecule has 6 rings (SSSR count). The molecular weight excluding hydrogens is 543 g/mol. The Bertz CT molecular complexity index is 1700. The van der Waals surface area contributed by atoms with E-state index in [4.69, 9.17) is 9.47 Å². The third-order valence-electron chi connectivity index (χ3n) is 7.35. The normalized spacial score (nSPS) is 19.5. The number of ketones is 1. The van der Waals surface area contributed by atoms with Gasteiger partial charge >= 0.3 is 5.91 Å². The van der Waals surface area contributed by atoms with Gasteiger partial charge in [0, 0.05) is 12.0 Å². The van der Waals surface area contributed by atoms with Gasteiger partial charge in [0.1, 0.15) is 29.2 Å². The van der Waals surface area contributed by atoms with Crippen LogP contribution in [0.5, 0.6) is 11.5 Å². The van der Waals surface area contributed by atoms with Crippen LogP contribution in [0.2, 0.25) is 0 Å². The summed E-state index contributed by atoms with van der Waals surface area (Å²) in [6.07, 6.45) is 3.70. The van der Waals surface area contributed by atoms with Crippen molar-refractivity contribution in [1.82, 2.24) is 4.98 Å². The summed E-state index contributed by atoms with van der Waals surface area (Å²) in [7, 11) is 0. The Hall–Kier alpha value is -4.24. The number of unbranched alkanes of at least 4 members (excludes halogenated alkanes) is 2. The standard InChI is InChI=1S/C32H29FN2O5S/c1-3-4-5-13-39-23-8-6-7-19(16-23)28-27(29(36)20-9-12-25-21(15-20)14-18(2)40-25)30(37)31(38)35(28)32-34-24-11-10-22(33)17-26(24)41-32/h6-12,15-18,28,36H,3-5,13-14H2,1-2H3/t18-,28+/m1/s1. The average Bonchev–Trinajstić information content (AvgIpc) is 3.62. The number of amides is 1. The first-order chi connectivity index (χ1) is 19.8. The van der Waals surface area contributed by atoms with Crippen LogP contribution in [0.15, 0.2) is 66.2 Å². The lowest BCUT2D eigenvalue weighted by molar-refractivity contribution is -0.132. The maximum Gasteiger partial charge on any atom is 0.301 e. The van der Waals surface area contributed by atoms with Crippen LogP contribution in [0.4, 0.5) is 9.52 Å². The van der Waals surface area contributed by atoms with Crippen molar-refractivity contribution in [3.8, 4) is 11.5 Å². The molecule has 2 aliphatic rings. The summed E-state index contributed by atoms with van der Waals surface area (Å²) in [4.78, 5) is 33.1. The van der Waals surface area contributed by atoms with E-state index >= 15 is 0 Å². The summed E-state index contributed by atoms with van der Waals surface area (Å²) in [5.41, 5.74) is 2.39. The van der Waals surface area contributed by atoms with Gasteiger partial charge in [0.25, 0.3) is 5.78 Å². The monoisotopic (exact) mass is 572 g/mol. The van der Waals surface area contributed by atoms with Crippen LogP contribution in [0.3, 0.4) is 0 Å². The van der Waals surface area contributed by atoms with Crippen LogP contribution in [-0.2, 0) is 16.0 Å². The second-order valence-corrected chi connectivity index (χ2v) is 11.4. The van der Waals surface area contributed by atoms with Gasteiger partial charge in [0.05, 0.1) is 28.4 Å². The molecule has 0 aliphatic carbocycles. The number of aliphatic hydroxyl groups is 1. The number of fused-ring (bicyclic) bond motifs is 2. The highest BCUT2D eigenvalue weighted by atomic mass is 32.1. The van der Waals surface area contributed by atoms with E-state index in [1.165, 1.54) is 23.1 Å². The van der Waals surface area contributed by atoms with E-state index in [0.29, 0.717) is 40.1 Å². The fourth-order valence-corrected chi connectivity index (χ4v) is 6.39. The summed E-state index contributed by atoms with van der Waals surface area (Å²) in [6, 6.07) is 15.7. The molecule has 1 aromatic heterocycles. The molecule has 0 unspecified atom stereocenters. The number of halogens is 1. The number of Topliss-reactive ketones (excluding diaryl/α,β-unsaturated/α-hetero) is 1. The number of rotatable bonds is 8. The highest BCUT2D eigenvalue weighted by Crippen LogP contribution is 2.45. The van der Waals surface area contributed by atoms with Gasteiger partial charge in [-0.1, -0.05) is 43.2 Å². The Kier molecular flexibility index (Phi) is 7.21. The number of carbonyl (C=O) groups excluding carboxylic acids is 2. The molecule has 3 aromatic carbocycles. The van der Waals surface area contributed by atoms with E-state index in [2.05, 4.69) is 11.9 Å². The maximum atomic E-state index is 14.0. The highest BCUT2D eigenvalue weighted by molar-refractivity contribution is 7.22. The topological polar surface area (TPSA) is 89.0 Å². The molecule has 2 aliphatic heterocycles. The van der Waals surface area contributed by atoms with Crippen LogP contribution < -0.4 is 14.4 Å². The Morgan fingerprint density at radius 1 is 1.15 bits per heavy atom. The van der Waals surface area contributed by atoms with Gasteiger partial charge in [-0.25, -0.2) is 9.37 Å². The molecule has 3 heterocycles. The van der Waals surface area contributed by atoms with Crippen LogP contribution in [0, 0.1) is 5.82 Å². The SMILES string of the molecule is CCCCCOc1cccc([C@H]2C(=C(O)c3ccc4c(c3)C[C@@H](C)O4)C(=O)C(=O)N2c2nc3ccc(F)cc3s2)c1. The number of hydrogen-bond acceptors (Lipinski definition) is 7. The molecule has 2 atom stereocenters. The van der Waals surface area contributed by atoms with Crippen molar-refractivity contribution in [2.24, 2.45) is 0 Å². The van der Waals surface area contributed by atoms with Crippen molar-refractivity contribution in [3.63, 3.8) is 0 Å². The minimum atomic E-state index is -0.969. The van der Waals surface area contributed by atoms with E-state index in [1.54, 1.807) is 36.4 Å². The first kappa shape index (κ1) is 27.0. The summed E-state index contributed by atoms with van der Waals surface area (Å²) in [6.45, 7) is 4.62. The van der Waals surface area contributed by atoms with Crippen LogP contribution in [0.25, 0.3) is 16.0 Å². The van der Waals surface area contributed by atoms with Gasteiger partial charge in [-0.3, -0.25) is 14.5 Å². The molecule has 4 aromatic rings. The zero-order valence-corrected chi connectivity index (χ0v) is 23.5. The predicted molar refractivity (Wildman–Crippen MR) is 156 cm³/mol. The molecule has 7 nitrogen and oxygen atoms in total. The van der Waals surface area contributed by atoms with E-state index in [0.717, 1.165) is 41.9 Å². The molecule has 1 fully saturated rings. The number of nitrogens with zero attached hydrogens (tertiary/aromatic N) is 2. The first-order valence-electron chi connectivity index (χ1n) is 13.7. The zero-order valence-electron chi connectivity index (χ0n) is 22.7.